The average Bonchev–Trinajstić information content (AvgIpc) is 2.91. The monoisotopic (exact) mass is 564 g/mol. The van der Waals surface area contributed by atoms with E-state index in [0.29, 0.717) is 5.56 Å². The van der Waals surface area contributed by atoms with Crippen LogP contribution < -0.4 is 5.32 Å². The molecule has 0 spiro atoms. The number of aromatic carboxylic acids is 1. The molecule has 4 aromatic rings. The molecular formula is C31H33FN2O5S. The molecule has 0 fully saturated rings. The molecule has 1 atom stereocenters. The van der Waals surface area contributed by atoms with Crippen molar-refractivity contribution in [2.75, 3.05) is 20.1 Å². The summed E-state index contributed by atoms with van der Waals surface area (Å²) < 4.78 is 41.7. The smallest absolute Gasteiger partial charge is 0.335 e. The number of aliphatic hydroxyl groups is 1. The van der Waals surface area contributed by atoms with Crippen molar-refractivity contribution in [3.05, 3.63) is 102 Å². The summed E-state index contributed by atoms with van der Waals surface area (Å²) in [6.45, 7) is 4.16. The third-order valence-electron chi connectivity index (χ3n) is 6.83. The van der Waals surface area contributed by atoms with Crippen molar-refractivity contribution in [2.24, 2.45) is 0 Å². The predicted octanol–water partition coefficient (Wildman–Crippen LogP) is 4.94. The lowest BCUT2D eigenvalue weighted by molar-refractivity contribution is 0.0696. The number of rotatable bonds is 11. The molecule has 0 aromatic heterocycles. The largest absolute Gasteiger partial charge is 0.478 e. The molecule has 0 aliphatic carbocycles. The number of benzene rings is 4. The van der Waals surface area contributed by atoms with Crippen LogP contribution in [0.3, 0.4) is 0 Å². The number of aliphatic hydroxyl groups excluding tert-OH is 1. The topological polar surface area (TPSA) is 107 Å². The zero-order chi connectivity index (χ0) is 29.1. The SMILES string of the molecule is CN(CC(O)CNC(C)(C)Cc1ccc2ccccc2c1)S(=O)(=O)c1ccc(-c2ccc(C(=O)O)cc2F)cc1. The molecule has 4 rings (SSSR count). The maximum atomic E-state index is 14.4. The number of β-amino-alcohol motifs (C(OH)–C–C–N with tert-alkyl or cyclic N) is 1. The van der Waals surface area contributed by atoms with E-state index in [9.17, 15) is 22.7 Å². The summed E-state index contributed by atoms with van der Waals surface area (Å²) in [5.41, 5.74) is 1.22. The van der Waals surface area contributed by atoms with E-state index in [0.717, 1.165) is 27.7 Å². The Hall–Kier alpha value is -3.63. The first kappa shape index (κ1) is 29.4. The van der Waals surface area contributed by atoms with Gasteiger partial charge in [0.2, 0.25) is 10.0 Å². The fourth-order valence-electron chi connectivity index (χ4n) is 4.64. The van der Waals surface area contributed by atoms with Crippen LogP contribution in [0.25, 0.3) is 21.9 Å². The molecule has 0 amide bonds. The molecule has 0 radical (unpaired) electrons. The van der Waals surface area contributed by atoms with Crippen molar-refractivity contribution in [3.63, 3.8) is 0 Å². The number of hydrogen-bond donors (Lipinski definition) is 3. The van der Waals surface area contributed by atoms with Crippen molar-refractivity contribution < 1.29 is 27.8 Å². The Labute approximate surface area is 233 Å². The summed E-state index contributed by atoms with van der Waals surface area (Å²) in [5.74, 6) is -1.95. The van der Waals surface area contributed by atoms with Gasteiger partial charge in [-0.05, 0) is 66.4 Å². The van der Waals surface area contributed by atoms with Crippen LogP contribution in [0.5, 0.6) is 0 Å². The highest BCUT2D eigenvalue weighted by Crippen LogP contribution is 2.26. The van der Waals surface area contributed by atoms with Gasteiger partial charge in [-0.2, -0.15) is 4.31 Å². The van der Waals surface area contributed by atoms with Crippen LogP contribution in [0.2, 0.25) is 0 Å². The van der Waals surface area contributed by atoms with Crippen LogP contribution in [0, 0.1) is 5.82 Å². The normalized spacial score (nSPS) is 13.1. The first-order valence-electron chi connectivity index (χ1n) is 12.9. The second-order valence-corrected chi connectivity index (χ2v) is 12.6. The number of sulfonamides is 1. The van der Waals surface area contributed by atoms with Crippen LogP contribution in [0.1, 0.15) is 29.8 Å². The van der Waals surface area contributed by atoms with E-state index in [2.05, 4.69) is 35.6 Å². The van der Waals surface area contributed by atoms with Gasteiger partial charge in [-0.3, -0.25) is 0 Å². The minimum absolute atomic E-state index is 0.00175. The number of halogens is 1. The summed E-state index contributed by atoms with van der Waals surface area (Å²) >= 11 is 0. The Morgan fingerprint density at radius 2 is 1.65 bits per heavy atom. The van der Waals surface area contributed by atoms with E-state index in [-0.39, 0.29) is 34.7 Å². The highest BCUT2D eigenvalue weighted by Gasteiger charge is 2.25. The molecule has 0 saturated heterocycles. The average molecular weight is 565 g/mol. The standard InChI is InChI=1S/C31H33FN2O5S/c1-31(2,18-21-8-9-22-6-4-5-7-24(22)16-21)33-19-26(35)20-34(3)40(38,39)27-13-10-23(11-14-27)28-15-12-25(30(36)37)17-29(28)32/h4-17,26,33,35H,18-20H2,1-3H3,(H,36,37). The second-order valence-electron chi connectivity index (χ2n) is 10.6. The number of carbonyl (C=O) groups is 1. The van der Waals surface area contributed by atoms with E-state index in [1.807, 2.05) is 26.0 Å². The van der Waals surface area contributed by atoms with Crippen molar-refractivity contribution in [1.29, 1.82) is 0 Å². The van der Waals surface area contributed by atoms with Gasteiger partial charge in [0.15, 0.2) is 0 Å². The fraction of sp³-hybridized carbons (Fsp3) is 0.258. The summed E-state index contributed by atoms with van der Waals surface area (Å²) in [5, 5.41) is 25.3. The van der Waals surface area contributed by atoms with Gasteiger partial charge in [0.05, 0.1) is 16.6 Å². The van der Waals surface area contributed by atoms with Gasteiger partial charge in [-0.15, -0.1) is 0 Å². The maximum Gasteiger partial charge on any atom is 0.335 e. The van der Waals surface area contributed by atoms with E-state index in [4.69, 9.17) is 5.11 Å². The number of carboxylic acid groups (broad SMARTS) is 1. The maximum absolute atomic E-state index is 14.4. The highest BCUT2D eigenvalue weighted by molar-refractivity contribution is 7.89. The van der Waals surface area contributed by atoms with E-state index < -0.39 is 27.9 Å². The highest BCUT2D eigenvalue weighted by atomic mass is 32.2. The molecule has 210 valence electrons. The molecule has 0 bridgehead atoms. The van der Waals surface area contributed by atoms with Crippen molar-refractivity contribution in [1.82, 2.24) is 9.62 Å². The molecule has 3 N–H and O–H groups in total. The first-order chi connectivity index (χ1) is 18.9. The molecule has 0 aliphatic rings. The van der Waals surface area contributed by atoms with Crippen molar-refractivity contribution in [2.45, 2.75) is 36.8 Å². The minimum Gasteiger partial charge on any atom is -0.478 e. The third-order valence-corrected chi connectivity index (χ3v) is 8.67. The summed E-state index contributed by atoms with van der Waals surface area (Å²) in [6.07, 6.45) is -0.221. The molecule has 4 aromatic carbocycles. The number of nitrogens with one attached hydrogen (secondary N) is 1. The number of nitrogens with zero attached hydrogens (tertiary/aromatic N) is 1. The van der Waals surface area contributed by atoms with Crippen LogP contribution in [0.4, 0.5) is 4.39 Å². The van der Waals surface area contributed by atoms with Crippen molar-refractivity contribution >= 4 is 26.8 Å². The summed E-state index contributed by atoms with van der Waals surface area (Å²) in [4.78, 5) is 11.0. The zero-order valence-corrected chi connectivity index (χ0v) is 23.5. The molecule has 0 saturated carbocycles. The Morgan fingerprint density at radius 1 is 0.975 bits per heavy atom. The van der Waals surface area contributed by atoms with Crippen molar-refractivity contribution in [3.8, 4) is 11.1 Å². The number of fused-ring (bicyclic) bond motifs is 1. The van der Waals surface area contributed by atoms with E-state index >= 15 is 0 Å². The Bertz CT molecular complexity index is 1620. The summed E-state index contributed by atoms with van der Waals surface area (Å²) in [6, 6.07) is 23.7. The van der Waals surface area contributed by atoms with Gasteiger partial charge in [0.25, 0.3) is 0 Å². The van der Waals surface area contributed by atoms with Gasteiger partial charge in [-0.1, -0.05) is 60.7 Å². The molecular weight excluding hydrogens is 531 g/mol. The minimum atomic E-state index is -3.91. The molecule has 7 nitrogen and oxygen atoms in total. The Kier molecular flexibility index (Phi) is 8.70. The fourth-order valence-corrected chi connectivity index (χ4v) is 5.85. The van der Waals surface area contributed by atoms with E-state index in [1.54, 1.807) is 0 Å². The predicted molar refractivity (Wildman–Crippen MR) is 154 cm³/mol. The van der Waals surface area contributed by atoms with Gasteiger partial charge < -0.3 is 15.5 Å². The first-order valence-corrected chi connectivity index (χ1v) is 14.3. The van der Waals surface area contributed by atoms with Crippen LogP contribution >= 0.6 is 0 Å². The Balaban J connectivity index is 1.35. The summed E-state index contributed by atoms with van der Waals surface area (Å²) in [7, 11) is -2.51. The quantitative estimate of drug-likeness (QED) is 0.238. The van der Waals surface area contributed by atoms with Crippen LogP contribution in [-0.2, 0) is 16.4 Å². The number of hydrogen-bond acceptors (Lipinski definition) is 5. The van der Waals surface area contributed by atoms with Gasteiger partial charge in [-0.25, -0.2) is 17.6 Å². The molecule has 1 unspecified atom stereocenters. The van der Waals surface area contributed by atoms with Gasteiger partial charge in [0, 0.05) is 31.2 Å². The third kappa shape index (κ3) is 6.92. The Morgan fingerprint density at radius 3 is 2.30 bits per heavy atom. The van der Waals surface area contributed by atoms with E-state index in [1.165, 1.54) is 48.8 Å². The molecule has 0 heterocycles. The van der Waals surface area contributed by atoms with Gasteiger partial charge >= 0.3 is 5.97 Å². The van der Waals surface area contributed by atoms with Crippen LogP contribution in [0.15, 0.2) is 89.8 Å². The molecule has 40 heavy (non-hydrogen) atoms. The molecule has 0 aliphatic heterocycles. The zero-order valence-electron chi connectivity index (χ0n) is 22.6. The lowest BCUT2D eigenvalue weighted by Crippen LogP contribution is -2.47. The second kappa shape index (κ2) is 11.9. The number of carboxylic acids is 1. The van der Waals surface area contributed by atoms with Gasteiger partial charge in [0.1, 0.15) is 5.82 Å². The molecule has 9 heteroatoms. The lowest BCUT2D eigenvalue weighted by Gasteiger charge is -2.29. The van der Waals surface area contributed by atoms with Crippen LogP contribution in [-0.4, -0.2) is 60.7 Å². The lowest BCUT2D eigenvalue weighted by atomic mass is 9.93. The number of likely N-dealkylation sites (N-methyl/N-ethyl adjacent to an activating group) is 1.